The predicted octanol–water partition coefficient (Wildman–Crippen LogP) is 2.63. The third kappa shape index (κ3) is 4.96. The van der Waals surface area contributed by atoms with Gasteiger partial charge in [-0.25, -0.2) is 4.98 Å². The predicted molar refractivity (Wildman–Crippen MR) is 109 cm³/mol. The first kappa shape index (κ1) is 20.0. The molecule has 2 heterocycles. The maximum absolute atomic E-state index is 12.3. The number of carbonyl (C=O) groups is 2. The van der Waals surface area contributed by atoms with Gasteiger partial charge in [-0.15, -0.1) is 21.5 Å². The molecule has 3 rings (SSSR count). The number of aryl methyl sites for hydroxylation is 1. The van der Waals surface area contributed by atoms with E-state index in [-0.39, 0.29) is 23.6 Å². The average molecular weight is 417 g/mol. The molecular weight excluding hydrogens is 396 g/mol. The Morgan fingerprint density at radius 2 is 2.14 bits per heavy atom. The number of thioether (sulfide) groups is 1. The summed E-state index contributed by atoms with van der Waals surface area (Å²) in [6, 6.07) is 7.38. The smallest absolute Gasteiger partial charge is 0.251 e. The van der Waals surface area contributed by atoms with Crippen LogP contribution in [0.15, 0.2) is 41.0 Å². The van der Waals surface area contributed by atoms with E-state index in [4.69, 9.17) is 0 Å². The molecule has 0 fully saturated rings. The molecule has 1 aromatic carbocycles. The summed E-state index contributed by atoms with van der Waals surface area (Å²) in [5.74, 6) is 0.283. The molecule has 3 aromatic rings. The van der Waals surface area contributed by atoms with Crippen molar-refractivity contribution in [3.05, 3.63) is 52.8 Å². The molecule has 0 unspecified atom stereocenters. The van der Waals surface area contributed by atoms with Crippen molar-refractivity contribution in [2.45, 2.75) is 30.8 Å². The van der Waals surface area contributed by atoms with Crippen LogP contribution in [0.5, 0.6) is 0 Å². The minimum absolute atomic E-state index is 0.155. The third-order valence-corrected chi connectivity index (χ3v) is 5.75. The standard InChI is InChI=1S/C18H20N6O2S2/c1-11-5-4-6-13(9-11)16(26)20-10-14-22-23-18(24(14)3)28-12(2)15(25)21-17-19-7-8-27-17/h4-9,12H,10H2,1-3H3,(H,20,26)(H,19,21,25)/t12-/m1/s1. The fourth-order valence-corrected chi connectivity index (χ4v) is 3.72. The second-order valence-electron chi connectivity index (χ2n) is 6.10. The van der Waals surface area contributed by atoms with Crippen molar-refractivity contribution in [2.24, 2.45) is 7.05 Å². The highest BCUT2D eigenvalue weighted by atomic mass is 32.2. The van der Waals surface area contributed by atoms with Gasteiger partial charge in [0.25, 0.3) is 5.91 Å². The number of carbonyl (C=O) groups excluding carboxylic acids is 2. The highest BCUT2D eigenvalue weighted by Gasteiger charge is 2.20. The molecule has 2 N–H and O–H groups in total. The summed E-state index contributed by atoms with van der Waals surface area (Å²) in [4.78, 5) is 28.6. The Bertz CT molecular complexity index is 970. The van der Waals surface area contributed by atoms with Gasteiger partial charge < -0.3 is 15.2 Å². The van der Waals surface area contributed by atoms with Crippen LogP contribution >= 0.6 is 23.1 Å². The molecular formula is C18H20N6O2S2. The summed E-state index contributed by atoms with van der Waals surface area (Å²) in [5, 5.41) is 16.5. The highest BCUT2D eigenvalue weighted by Crippen LogP contribution is 2.23. The van der Waals surface area contributed by atoms with Crippen LogP contribution < -0.4 is 10.6 Å². The fraction of sp³-hybridized carbons (Fsp3) is 0.278. The number of anilines is 1. The van der Waals surface area contributed by atoms with E-state index in [2.05, 4.69) is 25.8 Å². The quantitative estimate of drug-likeness (QED) is 0.574. The van der Waals surface area contributed by atoms with Crippen molar-refractivity contribution in [1.82, 2.24) is 25.1 Å². The zero-order chi connectivity index (χ0) is 20.1. The van der Waals surface area contributed by atoms with Crippen molar-refractivity contribution in [3.63, 3.8) is 0 Å². The Labute approximate surface area is 170 Å². The number of rotatable bonds is 7. The van der Waals surface area contributed by atoms with E-state index in [1.807, 2.05) is 32.2 Å². The van der Waals surface area contributed by atoms with Crippen molar-refractivity contribution in [1.29, 1.82) is 0 Å². The molecule has 2 aromatic heterocycles. The lowest BCUT2D eigenvalue weighted by Crippen LogP contribution is -2.25. The van der Waals surface area contributed by atoms with Crippen LogP contribution in [0.3, 0.4) is 0 Å². The van der Waals surface area contributed by atoms with Crippen molar-refractivity contribution in [3.8, 4) is 0 Å². The third-order valence-electron chi connectivity index (χ3n) is 3.93. The second-order valence-corrected chi connectivity index (χ2v) is 8.30. The van der Waals surface area contributed by atoms with Crippen molar-refractivity contribution >= 4 is 40.0 Å². The van der Waals surface area contributed by atoms with Gasteiger partial charge in [-0.2, -0.15) is 0 Å². The Balaban J connectivity index is 1.57. The summed E-state index contributed by atoms with van der Waals surface area (Å²) >= 11 is 2.66. The molecule has 10 heteroatoms. The Morgan fingerprint density at radius 3 is 2.86 bits per heavy atom. The molecule has 0 bridgehead atoms. The van der Waals surface area contributed by atoms with Gasteiger partial charge in [0.15, 0.2) is 16.1 Å². The maximum Gasteiger partial charge on any atom is 0.251 e. The maximum atomic E-state index is 12.3. The van der Waals surface area contributed by atoms with Gasteiger partial charge >= 0.3 is 0 Å². The number of hydrogen-bond donors (Lipinski definition) is 2. The first-order chi connectivity index (χ1) is 13.4. The van der Waals surface area contributed by atoms with E-state index in [1.165, 1.54) is 23.1 Å². The number of nitrogens with one attached hydrogen (secondary N) is 2. The van der Waals surface area contributed by atoms with Gasteiger partial charge in [0.1, 0.15) is 0 Å². The van der Waals surface area contributed by atoms with Crippen LogP contribution in [0.1, 0.15) is 28.7 Å². The molecule has 0 radical (unpaired) electrons. The van der Waals surface area contributed by atoms with Gasteiger partial charge in [0.2, 0.25) is 5.91 Å². The molecule has 2 amide bonds. The van der Waals surface area contributed by atoms with Crippen molar-refractivity contribution < 1.29 is 9.59 Å². The van der Waals surface area contributed by atoms with E-state index in [0.29, 0.717) is 21.7 Å². The molecule has 0 saturated heterocycles. The largest absolute Gasteiger partial charge is 0.345 e. The van der Waals surface area contributed by atoms with Crippen LogP contribution in [-0.2, 0) is 18.4 Å². The van der Waals surface area contributed by atoms with Gasteiger partial charge in [0, 0.05) is 24.2 Å². The number of hydrogen-bond acceptors (Lipinski definition) is 7. The molecule has 146 valence electrons. The van der Waals surface area contributed by atoms with Crippen molar-refractivity contribution in [2.75, 3.05) is 5.32 Å². The van der Waals surface area contributed by atoms with E-state index >= 15 is 0 Å². The Hall–Kier alpha value is -2.72. The van der Waals surface area contributed by atoms with Crippen LogP contribution in [0, 0.1) is 6.92 Å². The lowest BCUT2D eigenvalue weighted by atomic mass is 10.1. The van der Waals surface area contributed by atoms with Crippen LogP contribution in [0.25, 0.3) is 0 Å². The zero-order valence-corrected chi connectivity index (χ0v) is 17.3. The number of thiazole rings is 1. The minimum atomic E-state index is -0.374. The molecule has 0 aliphatic carbocycles. The van der Waals surface area contributed by atoms with Gasteiger partial charge in [-0.1, -0.05) is 29.5 Å². The van der Waals surface area contributed by atoms with Gasteiger partial charge in [0.05, 0.1) is 11.8 Å². The average Bonchev–Trinajstić information content (AvgIpc) is 3.30. The fourth-order valence-electron chi connectivity index (χ4n) is 2.35. The first-order valence-corrected chi connectivity index (χ1v) is 10.3. The van der Waals surface area contributed by atoms with E-state index in [1.54, 1.807) is 29.1 Å². The topological polar surface area (TPSA) is 102 Å². The molecule has 28 heavy (non-hydrogen) atoms. The van der Waals surface area contributed by atoms with E-state index < -0.39 is 0 Å². The Kier molecular flexibility index (Phi) is 6.42. The summed E-state index contributed by atoms with van der Waals surface area (Å²) in [7, 11) is 1.81. The monoisotopic (exact) mass is 416 g/mol. The number of aromatic nitrogens is 4. The molecule has 0 saturated carbocycles. The zero-order valence-electron chi connectivity index (χ0n) is 15.7. The summed E-state index contributed by atoms with van der Waals surface area (Å²) in [6.45, 7) is 3.98. The highest BCUT2D eigenvalue weighted by molar-refractivity contribution is 8.00. The molecule has 0 aliphatic heterocycles. The Morgan fingerprint density at radius 1 is 1.32 bits per heavy atom. The van der Waals surface area contributed by atoms with E-state index in [9.17, 15) is 9.59 Å². The van der Waals surface area contributed by atoms with E-state index in [0.717, 1.165) is 5.56 Å². The summed E-state index contributed by atoms with van der Waals surface area (Å²) < 4.78 is 1.77. The van der Waals surface area contributed by atoms with Crippen LogP contribution in [-0.4, -0.2) is 36.8 Å². The van der Waals surface area contributed by atoms with Crippen LogP contribution in [0.4, 0.5) is 5.13 Å². The summed E-state index contributed by atoms with van der Waals surface area (Å²) in [5.41, 5.74) is 1.62. The number of amides is 2. The number of nitrogens with zero attached hydrogens (tertiary/aromatic N) is 4. The second kappa shape index (κ2) is 8.98. The van der Waals surface area contributed by atoms with Gasteiger partial charge in [-0.3, -0.25) is 9.59 Å². The summed E-state index contributed by atoms with van der Waals surface area (Å²) in [6.07, 6.45) is 1.64. The molecule has 8 nitrogen and oxygen atoms in total. The SMILES string of the molecule is Cc1cccc(C(=O)NCc2nnc(S[C@H](C)C(=O)Nc3nccs3)n2C)c1. The van der Waals surface area contributed by atoms with Gasteiger partial charge in [-0.05, 0) is 26.0 Å². The molecule has 0 spiro atoms. The molecule has 1 atom stereocenters. The first-order valence-electron chi connectivity index (χ1n) is 8.54. The lowest BCUT2D eigenvalue weighted by Gasteiger charge is -2.10. The van der Waals surface area contributed by atoms with Crippen LogP contribution in [0.2, 0.25) is 0 Å². The number of benzene rings is 1. The lowest BCUT2D eigenvalue weighted by molar-refractivity contribution is -0.115. The molecule has 0 aliphatic rings. The normalized spacial score (nSPS) is 11.8. The minimum Gasteiger partial charge on any atom is -0.345 e.